The lowest BCUT2D eigenvalue weighted by molar-refractivity contribution is -0.167. The van der Waals surface area contributed by atoms with E-state index in [4.69, 9.17) is 14.2 Å². The van der Waals surface area contributed by atoms with Crippen molar-refractivity contribution in [2.45, 2.75) is 368 Å². The van der Waals surface area contributed by atoms with Crippen molar-refractivity contribution in [2.75, 3.05) is 13.2 Å². The average molecular weight is 976 g/mol. The second-order valence-electron chi connectivity index (χ2n) is 21.9. The minimum absolute atomic E-state index is 0.0612. The zero-order valence-electron chi connectivity index (χ0n) is 47.3. The average Bonchev–Trinajstić information content (AvgIpc) is 3.35. The quantitative estimate of drug-likeness (QED) is 0.0343. The highest BCUT2D eigenvalue weighted by molar-refractivity contribution is 5.71. The third-order valence-electron chi connectivity index (χ3n) is 14.9. The van der Waals surface area contributed by atoms with Crippen LogP contribution in [0.3, 0.4) is 0 Å². The fourth-order valence-corrected chi connectivity index (χ4v) is 9.78. The first-order valence-corrected chi connectivity index (χ1v) is 31.4. The molecule has 2 atom stereocenters. The monoisotopic (exact) mass is 975 g/mol. The molecule has 0 N–H and O–H groups in total. The van der Waals surface area contributed by atoms with Gasteiger partial charge < -0.3 is 14.2 Å². The maximum absolute atomic E-state index is 12.9. The Labute approximate surface area is 431 Å². The number of ether oxygens (including phenoxy) is 3. The molecule has 69 heavy (non-hydrogen) atoms. The third kappa shape index (κ3) is 55.6. The molecule has 0 bridgehead atoms. The summed E-state index contributed by atoms with van der Waals surface area (Å²) in [5, 5.41) is 0. The summed E-state index contributed by atoms with van der Waals surface area (Å²) in [6.45, 7) is 9.13. The fraction of sp³-hybridized carbons (Fsp3) is 0.952. The van der Waals surface area contributed by atoms with Crippen molar-refractivity contribution in [3.63, 3.8) is 0 Å². The van der Waals surface area contributed by atoms with Crippen LogP contribution in [0.15, 0.2) is 0 Å². The lowest BCUT2D eigenvalue weighted by Crippen LogP contribution is -2.30. The van der Waals surface area contributed by atoms with Crippen molar-refractivity contribution in [2.24, 2.45) is 5.92 Å². The number of carbonyl (C=O) groups is 3. The zero-order chi connectivity index (χ0) is 50.2. The molecule has 410 valence electrons. The standard InChI is InChI=1S/C63H122O6/c1-5-8-10-12-14-16-18-20-26-31-35-39-43-47-51-55-62(65)68-58-60(57-67-61(64)54-50-46-42-38-34-30-21-19-17-15-13-11-9-6-2)69-63(66)56-52-48-44-40-36-32-28-25-23-22-24-27-29-33-37-41-45-49-53-59(4)7-3/h59-60H,5-58H2,1-4H3/t59?,60-/m1/s1. The van der Waals surface area contributed by atoms with Crippen molar-refractivity contribution >= 4 is 17.9 Å². The Balaban J connectivity index is 4.25. The highest BCUT2D eigenvalue weighted by Crippen LogP contribution is 2.19. The summed E-state index contributed by atoms with van der Waals surface area (Å²) in [7, 11) is 0. The van der Waals surface area contributed by atoms with Gasteiger partial charge in [0.2, 0.25) is 0 Å². The van der Waals surface area contributed by atoms with E-state index in [9.17, 15) is 14.4 Å². The van der Waals surface area contributed by atoms with Crippen LogP contribution in [0.5, 0.6) is 0 Å². The van der Waals surface area contributed by atoms with Gasteiger partial charge in [0.15, 0.2) is 6.10 Å². The number of rotatable bonds is 58. The predicted molar refractivity (Wildman–Crippen MR) is 298 cm³/mol. The van der Waals surface area contributed by atoms with E-state index >= 15 is 0 Å². The minimum atomic E-state index is -0.762. The lowest BCUT2D eigenvalue weighted by atomic mass is 9.99. The summed E-state index contributed by atoms with van der Waals surface area (Å²) in [5.74, 6) is 0.0804. The molecule has 0 amide bonds. The molecule has 0 saturated heterocycles. The first-order valence-electron chi connectivity index (χ1n) is 31.4. The summed E-state index contributed by atoms with van der Waals surface area (Å²) < 4.78 is 16.9. The number of hydrogen-bond donors (Lipinski definition) is 0. The highest BCUT2D eigenvalue weighted by Gasteiger charge is 2.19. The second kappa shape index (κ2) is 57.3. The van der Waals surface area contributed by atoms with Gasteiger partial charge in [0.05, 0.1) is 0 Å². The van der Waals surface area contributed by atoms with Crippen molar-refractivity contribution in [1.29, 1.82) is 0 Å². The zero-order valence-corrected chi connectivity index (χ0v) is 47.3. The Kier molecular flexibility index (Phi) is 56.0. The molecule has 0 aromatic carbocycles. The second-order valence-corrected chi connectivity index (χ2v) is 21.9. The van der Waals surface area contributed by atoms with E-state index in [1.807, 2.05) is 0 Å². The van der Waals surface area contributed by atoms with Crippen molar-refractivity contribution in [1.82, 2.24) is 0 Å². The summed E-state index contributed by atoms with van der Waals surface area (Å²) in [5.41, 5.74) is 0. The Bertz CT molecular complexity index is 1040. The summed E-state index contributed by atoms with van der Waals surface area (Å²) in [4.78, 5) is 38.2. The van der Waals surface area contributed by atoms with Gasteiger partial charge in [0.25, 0.3) is 0 Å². The molecule has 0 heterocycles. The molecule has 0 aliphatic rings. The first-order chi connectivity index (χ1) is 33.9. The Hall–Kier alpha value is -1.59. The first kappa shape index (κ1) is 67.4. The van der Waals surface area contributed by atoms with Gasteiger partial charge in [0, 0.05) is 19.3 Å². The van der Waals surface area contributed by atoms with E-state index in [0.717, 1.165) is 63.7 Å². The maximum atomic E-state index is 12.9. The largest absolute Gasteiger partial charge is 0.462 e. The fourth-order valence-electron chi connectivity index (χ4n) is 9.78. The third-order valence-corrected chi connectivity index (χ3v) is 14.9. The molecule has 0 fully saturated rings. The van der Waals surface area contributed by atoms with Crippen LogP contribution in [0, 0.1) is 5.92 Å². The molecule has 0 aromatic rings. The molecule has 1 unspecified atom stereocenters. The van der Waals surface area contributed by atoms with E-state index in [-0.39, 0.29) is 31.1 Å². The Morgan fingerprint density at radius 1 is 0.290 bits per heavy atom. The summed E-state index contributed by atoms with van der Waals surface area (Å²) >= 11 is 0. The van der Waals surface area contributed by atoms with Gasteiger partial charge in [0.1, 0.15) is 13.2 Å². The molecule has 6 nitrogen and oxygen atoms in total. The molecule has 6 heteroatoms. The van der Waals surface area contributed by atoms with Crippen LogP contribution in [-0.2, 0) is 28.6 Å². The summed E-state index contributed by atoms with van der Waals surface area (Å²) in [6.07, 6.45) is 63.8. The highest BCUT2D eigenvalue weighted by atomic mass is 16.6. The SMILES string of the molecule is CCCCCCCCCCCCCCCCCC(=O)OC[C@@H](COC(=O)CCCCCCCCCCCCCCCC)OC(=O)CCCCCCCCCCCCCCCCCCCCC(C)CC. The Morgan fingerprint density at radius 3 is 0.754 bits per heavy atom. The van der Waals surface area contributed by atoms with Crippen LogP contribution in [0.4, 0.5) is 0 Å². The maximum Gasteiger partial charge on any atom is 0.306 e. The van der Waals surface area contributed by atoms with Gasteiger partial charge in [-0.3, -0.25) is 14.4 Å². The van der Waals surface area contributed by atoms with E-state index in [1.165, 1.54) is 257 Å². The molecule has 0 saturated carbocycles. The van der Waals surface area contributed by atoms with E-state index in [1.54, 1.807) is 0 Å². The number of carbonyl (C=O) groups excluding carboxylic acids is 3. The van der Waals surface area contributed by atoms with Gasteiger partial charge in [-0.25, -0.2) is 0 Å². The van der Waals surface area contributed by atoms with Crippen LogP contribution in [-0.4, -0.2) is 37.2 Å². The Morgan fingerprint density at radius 2 is 0.507 bits per heavy atom. The molecular formula is C63H122O6. The number of esters is 3. The van der Waals surface area contributed by atoms with Crippen molar-refractivity contribution < 1.29 is 28.6 Å². The summed E-state index contributed by atoms with van der Waals surface area (Å²) in [6, 6.07) is 0. The minimum Gasteiger partial charge on any atom is -0.462 e. The van der Waals surface area contributed by atoms with Crippen LogP contribution in [0.1, 0.15) is 362 Å². The molecular weight excluding hydrogens is 853 g/mol. The van der Waals surface area contributed by atoms with E-state index in [0.29, 0.717) is 19.3 Å². The normalized spacial score (nSPS) is 12.3. The molecule has 0 rings (SSSR count). The van der Waals surface area contributed by atoms with Gasteiger partial charge >= 0.3 is 17.9 Å². The van der Waals surface area contributed by atoms with E-state index in [2.05, 4.69) is 27.7 Å². The van der Waals surface area contributed by atoms with Crippen molar-refractivity contribution in [3.8, 4) is 0 Å². The number of unbranched alkanes of at least 4 members (excludes halogenated alkanes) is 44. The van der Waals surface area contributed by atoms with Crippen LogP contribution < -0.4 is 0 Å². The predicted octanol–water partition coefficient (Wildman–Crippen LogP) is 21.0. The van der Waals surface area contributed by atoms with Crippen LogP contribution in [0.25, 0.3) is 0 Å². The van der Waals surface area contributed by atoms with Crippen molar-refractivity contribution in [3.05, 3.63) is 0 Å². The van der Waals surface area contributed by atoms with Gasteiger partial charge in [-0.15, -0.1) is 0 Å². The molecule has 0 aliphatic carbocycles. The van der Waals surface area contributed by atoms with E-state index < -0.39 is 6.10 Å². The van der Waals surface area contributed by atoms with Crippen LogP contribution in [0.2, 0.25) is 0 Å². The molecule has 0 spiro atoms. The van der Waals surface area contributed by atoms with Gasteiger partial charge in [-0.1, -0.05) is 323 Å². The van der Waals surface area contributed by atoms with Crippen LogP contribution >= 0.6 is 0 Å². The molecule has 0 radical (unpaired) electrons. The lowest BCUT2D eigenvalue weighted by Gasteiger charge is -2.18. The molecule has 0 aliphatic heterocycles. The van der Waals surface area contributed by atoms with Gasteiger partial charge in [-0.2, -0.15) is 0 Å². The topological polar surface area (TPSA) is 78.9 Å². The van der Waals surface area contributed by atoms with Gasteiger partial charge in [-0.05, 0) is 25.2 Å². The number of hydrogen-bond acceptors (Lipinski definition) is 6. The molecule has 0 aromatic heterocycles. The smallest absolute Gasteiger partial charge is 0.306 e.